The second-order valence-corrected chi connectivity index (χ2v) is 4.11. The first-order valence-electron chi connectivity index (χ1n) is 5.32. The molecular formula is C12H11F2NO3. The molecule has 1 fully saturated rings. The van der Waals surface area contributed by atoms with Crippen molar-refractivity contribution in [2.24, 2.45) is 0 Å². The molecule has 2 heterocycles. The first-order valence-corrected chi connectivity index (χ1v) is 5.32. The lowest BCUT2D eigenvalue weighted by Crippen LogP contribution is -2.26. The Bertz CT molecular complexity index is 563. The first kappa shape index (κ1) is 12.7. The largest absolute Gasteiger partial charge is 0.387 e. The van der Waals surface area contributed by atoms with E-state index in [0.29, 0.717) is 6.07 Å². The number of hydrogen-bond donors (Lipinski definition) is 2. The van der Waals surface area contributed by atoms with E-state index in [0.717, 1.165) is 0 Å². The van der Waals surface area contributed by atoms with E-state index in [1.165, 1.54) is 6.92 Å². The zero-order valence-electron chi connectivity index (χ0n) is 9.48. The van der Waals surface area contributed by atoms with Crippen LogP contribution in [-0.2, 0) is 4.74 Å². The smallest absolute Gasteiger partial charge is 0.251 e. The molecule has 0 amide bonds. The number of halogens is 2. The third kappa shape index (κ3) is 1.92. The number of aliphatic hydroxyl groups excluding tert-OH is 1. The predicted molar refractivity (Wildman–Crippen MR) is 59.1 cm³/mol. The summed E-state index contributed by atoms with van der Waals surface area (Å²) in [5, 5.41) is 9.46. The lowest BCUT2D eigenvalue weighted by molar-refractivity contribution is 0.0194. The maximum Gasteiger partial charge on any atom is 0.251 e. The lowest BCUT2D eigenvalue weighted by atomic mass is 10.0. The van der Waals surface area contributed by atoms with Gasteiger partial charge in [-0.1, -0.05) is 5.92 Å². The molecule has 4 atom stereocenters. The summed E-state index contributed by atoms with van der Waals surface area (Å²) >= 11 is 0. The van der Waals surface area contributed by atoms with Gasteiger partial charge in [0.25, 0.3) is 5.56 Å². The molecule has 1 saturated heterocycles. The summed E-state index contributed by atoms with van der Waals surface area (Å²) in [6, 6.07) is 0.668. The minimum atomic E-state index is -1.80. The van der Waals surface area contributed by atoms with E-state index >= 15 is 0 Å². The number of pyridine rings is 1. The molecule has 4 nitrogen and oxygen atoms in total. The van der Waals surface area contributed by atoms with Crippen LogP contribution in [0.5, 0.6) is 0 Å². The molecule has 96 valence electrons. The third-order valence-electron chi connectivity index (χ3n) is 2.92. The van der Waals surface area contributed by atoms with Gasteiger partial charge < -0.3 is 14.8 Å². The Hall–Kier alpha value is -1.71. The van der Waals surface area contributed by atoms with Crippen molar-refractivity contribution < 1.29 is 18.6 Å². The van der Waals surface area contributed by atoms with Gasteiger partial charge in [0.1, 0.15) is 23.7 Å². The van der Waals surface area contributed by atoms with Gasteiger partial charge in [-0.25, -0.2) is 8.78 Å². The van der Waals surface area contributed by atoms with E-state index in [1.807, 2.05) is 0 Å². The number of nitrogens with one attached hydrogen (secondary N) is 1. The molecule has 0 bridgehead atoms. The number of aromatic nitrogens is 1. The van der Waals surface area contributed by atoms with Crippen LogP contribution in [0.3, 0.4) is 0 Å². The van der Waals surface area contributed by atoms with Crippen LogP contribution in [0.25, 0.3) is 0 Å². The Morgan fingerprint density at radius 3 is 2.78 bits per heavy atom. The number of hydrogen-bond acceptors (Lipinski definition) is 3. The standard InChI is InChI=1S/C12H11F2NO3/c1-3-7-9(6(13)4-8(16)15-7)12-10(14)11(17)5(2)18-12/h1,4-5,10-12,17H,2H3,(H,15,16)/t5-,10+,11?,12+/m1/s1. The molecule has 18 heavy (non-hydrogen) atoms. The molecule has 2 N–H and O–H groups in total. The molecule has 1 aromatic rings. The number of aromatic amines is 1. The Kier molecular flexibility index (Phi) is 3.20. The highest BCUT2D eigenvalue weighted by Crippen LogP contribution is 2.37. The van der Waals surface area contributed by atoms with Gasteiger partial charge in [0.15, 0.2) is 6.17 Å². The highest BCUT2D eigenvalue weighted by Gasteiger charge is 2.44. The van der Waals surface area contributed by atoms with Crippen molar-refractivity contribution in [2.45, 2.75) is 31.4 Å². The lowest BCUT2D eigenvalue weighted by Gasteiger charge is -2.15. The third-order valence-corrected chi connectivity index (χ3v) is 2.92. The number of ether oxygens (including phenoxy) is 1. The van der Waals surface area contributed by atoms with E-state index in [9.17, 15) is 18.7 Å². The van der Waals surface area contributed by atoms with Crippen molar-refractivity contribution in [3.63, 3.8) is 0 Å². The predicted octanol–water partition coefficient (Wildman–Crippen LogP) is 0.654. The number of rotatable bonds is 1. The number of aliphatic hydroxyl groups is 1. The fourth-order valence-corrected chi connectivity index (χ4v) is 1.98. The monoisotopic (exact) mass is 255 g/mol. The topological polar surface area (TPSA) is 62.3 Å². The Balaban J connectivity index is 2.53. The zero-order chi connectivity index (χ0) is 13.4. The van der Waals surface area contributed by atoms with E-state index < -0.39 is 35.9 Å². The molecule has 2 rings (SSSR count). The second kappa shape index (κ2) is 4.52. The number of terminal acetylenes is 1. The maximum absolute atomic E-state index is 13.8. The van der Waals surface area contributed by atoms with Gasteiger partial charge in [-0.3, -0.25) is 4.79 Å². The molecule has 0 saturated carbocycles. The van der Waals surface area contributed by atoms with Crippen molar-refractivity contribution >= 4 is 0 Å². The number of H-pyrrole nitrogens is 1. The fourth-order valence-electron chi connectivity index (χ4n) is 1.98. The normalized spacial score (nSPS) is 31.3. The van der Waals surface area contributed by atoms with Gasteiger partial charge in [-0.2, -0.15) is 0 Å². The van der Waals surface area contributed by atoms with Crippen LogP contribution in [0.2, 0.25) is 0 Å². The molecule has 1 aliphatic heterocycles. The molecule has 6 heteroatoms. The van der Waals surface area contributed by atoms with Crippen LogP contribution in [0, 0.1) is 18.2 Å². The van der Waals surface area contributed by atoms with Crippen LogP contribution in [-0.4, -0.2) is 28.5 Å². The van der Waals surface area contributed by atoms with Crippen molar-refractivity contribution in [2.75, 3.05) is 0 Å². The summed E-state index contributed by atoms with van der Waals surface area (Å²) in [6.45, 7) is 1.47. The summed E-state index contributed by atoms with van der Waals surface area (Å²) in [5.74, 6) is 1.14. The minimum absolute atomic E-state index is 0.172. The number of alkyl halides is 1. The molecule has 0 spiro atoms. The molecule has 0 aromatic carbocycles. The average Bonchev–Trinajstić information content (AvgIpc) is 2.56. The SMILES string of the molecule is C#Cc1[nH]c(=O)cc(F)c1[C@@H]1O[C@H](C)C(O)[C@@H]1F. The first-order chi connectivity index (χ1) is 8.45. The highest BCUT2D eigenvalue weighted by molar-refractivity contribution is 5.37. The fraction of sp³-hybridized carbons (Fsp3) is 0.417. The second-order valence-electron chi connectivity index (χ2n) is 4.11. The van der Waals surface area contributed by atoms with E-state index in [-0.39, 0.29) is 11.3 Å². The maximum atomic E-state index is 13.8. The quantitative estimate of drug-likeness (QED) is 0.724. The zero-order valence-corrected chi connectivity index (χ0v) is 9.48. The van der Waals surface area contributed by atoms with E-state index in [4.69, 9.17) is 11.2 Å². The molecule has 0 aliphatic carbocycles. The van der Waals surface area contributed by atoms with Crippen LogP contribution < -0.4 is 5.56 Å². The van der Waals surface area contributed by atoms with Gasteiger partial charge >= 0.3 is 0 Å². The average molecular weight is 255 g/mol. The summed E-state index contributed by atoms with van der Waals surface area (Å²) in [6.07, 6.45) is -0.107. The van der Waals surface area contributed by atoms with Gasteiger partial charge in [-0.05, 0) is 6.92 Å². The van der Waals surface area contributed by atoms with Gasteiger partial charge in [0.05, 0.1) is 11.7 Å². The Morgan fingerprint density at radius 1 is 1.61 bits per heavy atom. The summed E-state index contributed by atoms with van der Waals surface area (Å²) in [7, 11) is 0. The van der Waals surface area contributed by atoms with Crippen LogP contribution in [0.1, 0.15) is 24.3 Å². The van der Waals surface area contributed by atoms with Crippen LogP contribution in [0.15, 0.2) is 10.9 Å². The van der Waals surface area contributed by atoms with E-state index in [2.05, 4.69) is 10.9 Å². The minimum Gasteiger partial charge on any atom is -0.387 e. The Morgan fingerprint density at radius 2 is 2.28 bits per heavy atom. The van der Waals surface area contributed by atoms with Crippen LogP contribution >= 0.6 is 0 Å². The van der Waals surface area contributed by atoms with Gasteiger partial charge in [0.2, 0.25) is 0 Å². The summed E-state index contributed by atoms with van der Waals surface area (Å²) < 4.78 is 32.7. The van der Waals surface area contributed by atoms with Crippen molar-refractivity contribution in [3.05, 3.63) is 33.5 Å². The van der Waals surface area contributed by atoms with Crippen LogP contribution in [0.4, 0.5) is 8.78 Å². The van der Waals surface area contributed by atoms with E-state index in [1.54, 1.807) is 0 Å². The van der Waals surface area contributed by atoms with Gasteiger partial charge in [-0.15, -0.1) is 6.42 Å². The highest BCUT2D eigenvalue weighted by atomic mass is 19.1. The molecule has 0 radical (unpaired) electrons. The summed E-state index contributed by atoms with van der Waals surface area (Å²) in [5.41, 5.74) is -1.13. The van der Waals surface area contributed by atoms with Crippen molar-refractivity contribution in [1.82, 2.24) is 4.98 Å². The molecule has 1 aromatic heterocycles. The molecule has 1 unspecified atom stereocenters. The summed E-state index contributed by atoms with van der Waals surface area (Å²) in [4.78, 5) is 13.3. The van der Waals surface area contributed by atoms with Crippen molar-refractivity contribution in [1.29, 1.82) is 0 Å². The molecule has 1 aliphatic rings. The molecular weight excluding hydrogens is 244 g/mol. The Labute approximate surface area is 102 Å². The van der Waals surface area contributed by atoms with Gasteiger partial charge in [0, 0.05) is 6.07 Å². The van der Waals surface area contributed by atoms with Crippen molar-refractivity contribution in [3.8, 4) is 12.3 Å².